The molecule has 0 bridgehead atoms. The zero-order valence-electron chi connectivity index (χ0n) is 16.3. The van der Waals surface area contributed by atoms with Crippen molar-refractivity contribution < 1.29 is 9.21 Å². The minimum atomic E-state index is -0.265. The standard InChI is InChI=1S/C24H18N2O3S/c1-2-15-7-9-16(10-8-15)18-13-30-23-22(18)24(28)26(14-25-23)12-19(27)21-11-17-5-3-4-6-20(17)29-21/h3-11,13-14H,2,12H2,1H3. The Balaban J connectivity index is 1.52. The monoisotopic (exact) mass is 414 g/mol. The first-order chi connectivity index (χ1) is 14.6. The third-order valence-corrected chi connectivity index (χ3v) is 6.13. The summed E-state index contributed by atoms with van der Waals surface area (Å²) in [6, 6.07) is 17.3. The summed E-state index contributed by atoms with van der Waals surface area (Å²) in [5.74, 6) is -0.0255. The first kappa shape index (κ1) is 18.5. The lowest BCUT2D eigenvalue weighted by Crippen LogP contribution is -2.24. The Kier molecular flexibility index (Phi) is 4.56. The van der Waals surface area contributed by atoms with Crippen LogP contribution in [0.15, 0.2) is 75.5 Å². The Morgan fingerprint density at radius 2 is 1.93 bits per heavy atom. The molecule has 0 atom stereocenters. The highest BCUT2D eigenvalue weighted by atomic mass is 32.1. The minimum absolute atomic E-state index is 0.119. The summed E-state index contributed by atoms with van der Waals surface area (Å²) >= 11 is 1.43. The Morgan fingerprint density at radius 3 is 2.70 bits per heavy atom. The number of thiophene rings is 1. The maximum Gasteiger partial charge on any atom is 0.263 e. The van der Waals surface area contributed by atoms with Crippen molar-refractivity contribution in [1.29, 1.82) is 0 Å². The molecule has 0 aliphatic carbocycles. The molecule has 0 aliphatic rings. The van der Waals surface area contributed by atoms with Crippen LogP contribution in [0.25, 0.3) is 32.3 Å². The number of rotatable bonds is 5. The number of hydrogen-bond donors (Lipinski definition) is 0. The van der Waals surface area contributed by atoms with Gasteiger partial charge in [0.15, 0.2) is 5.76 Å². The molecule has 0 N–H and O–H groups in total. The molecule has 5 nitrogen and oxygen atoms in total. The molecule has 5 aromatic rings. The number of aryl methyl sites for hydroxylation is 1. The van der Waals surface area contributed by atoms with Crippen molar-refractivity contribution in [2.24, 2.45) is 0 Å². The van der Waals surface area contributed by atoms with Gasteiger partial charge in [-0.25, -0.2) is 4.98 Å². The topological polar surface area (TPSA) is 65.1 Å². The minimum Gasteiger partial charge on any atom is -0.453 e. The van der Waals surface area contributed by atoms with Crippen LogP contribution >= 0.6 is 11.3 Å². The van der Waals surface area contributed by atoms with Gasteiger partial charge in [-0.1, -0.05) is 49.4 Å². The molecule has 6 heteroatoms. The second-order valence-corrected chi connectivity index (χ2v) is 7.99. The van der Waals surface area contributed by atoms with Gasteiger partial charge in [0, 0.05) is 16.3 Å². The number of nitrogens with zero attached hydrogens (tertiary/aromatic N) is 2. The largest absolute Gasteiger partial charge is 0.453 e. The van der Waals surface area contributed by atoms with Crippen molar-refractivity contribution in [1.82, 2.24) is 9.55 Å². The van der Waals surface area contributed by atoms with Crippen LogP contribution in [0.5, 0.6) is 0 Å². The van der Waals surface area contributed by atoms with Crippen molar-refractivity contribution in [3.8, 4) is 11.1 Å². The van der Waals surface area contributed by atoms with Crippen molar-refractivity contribution in [3.63, 3.8) is 0 Å². The van der Waals surface area contributed by atoms with Crippen LogP contribution in [0.4, 0.5) is 0 Å². The molecule has 0 unspecified atom stereocenters. The van der Waals surface area contributed by atoms with Gasteiger partial charge in [-0.2, -0.15) is 0 Å². The molecule has 0 radical (unpaired) electrons. The fourth-order valence-electron chi connectivity index (χ4n) is 3.56. The van der Waals surface area contributed by atoms with Gasteiger partial charge in [0.2, 0.25) is 5.78 Å². The number of carbonyl (C=O) groups excluding carboxylic acids is 1. The van der Waals surface area contributed by atoms with Crippen LogP contribution in [-0.4, -0.2) is 15.3 Å². The summed E-state index contributed by atoms with van der Waals surface area (Å²) in [4.78, 5) is 31.0. The number of carbonyl (C=O) groups is 1. The van der Waals surface area contributed by atoms with E-state index in [1.807, 2.05) is 41.8 Å². The lowest BCUT2D eigenvalue weighted by atomic mass is 10.0. The van der Waals surface area contributed by atoms with Crippen LogP contribution in [0.3, 0.4) is 0 Å². The summed E-state index contributed by atoms with van der Waals surface area (Å²) in [7, 11) is 0. The van der Waals surface area contributed by atoms with Crippen LogP contribution in [0.2, 0.25) is 0 Å². The Morgan fingerprint density at radius 1 is 1.13 bits per heavy atom. The molecule has 0 aliphatic heterocycles. The molecular formula is C24H18N2O3S. The molecule has 0 fully saturated rings. The summed E-state index contributed by atoms with van der Waals surface area (Å²) < 4.78 is 7.00. The van der Waals surface area contributed by atoms with E-state index in [1.165, 1.54) is 27.8 Å². The van der Waals surface area contributed by atoms with Gasteiger partial charge in [0.25, 0.3) is 5.56 Å². The predicted molar refractivity (Wildman–Crippen MR) is 119 cm³/mol. The number of aromatic nitrogens is 2. The van der Waals surface area contributed by atoms with E-state index in [2.05, 4.69) is 24.0 Å². The van der Waals surface area contributed by atoms with Crippen molar-refractivity contribution in [2.45, 2.75) is 19.9 Å². The van der Waals surface area contributed by atoms with E-state index in [9.17, 15) is 9.59 Å². The average Bonchev–Trinajstić information content (AvgIpc) is 3.40. The molecule has 30 heavy (non-hydrogen) atoms. The second kappa shape index (κ2) is 7.39. The van der Waals surface area contributed by atoms with Crippen molar-refractivity contribution in [2.75, 3.05) is 0 Å². The van der Waals surface area contributed by atoms with Gasteiger partial charge in [0.05, 0.1) is 18.3 Å². The van der Waals surface area contributed by atoms with E-state index in [0.717, 1.165) is 22.9 Å². The van der Waals surface area contributed by atoms with Crippen LogP contribution in [0, 0.1) is 0 Å². The summed E-state index contributed by atoms with van der Waals surface area (Å²) in [5, 5.41) is 3.35. The number of Topliss-reactive ketones (excluding diaryl/α,β-unsaturated/α-hetero) is 1. The van der Waals surface area contributed by atoms with E-state index >= 15 is 0 Å². The van der Waals surface area contributed by atoms with Crippen LogP contribution < -0.4 is 5.56 Å². The molecule has 0 spiro atoms. The maximum atomic E-state index is 13.2. The number of benzene rings is 2. The highest BCUT2D eigenvalue weighted by Gasteiger charge is 2.17. The third kappa shape index (κ3) is 3.15. The third-order valence-electron chi connectivity index (χ3n) is 5.25. The first-order valence-electron chi connectivity index (χ1n) is 9.72. The normalized spacial score (nSPS) is 11.4. The smallest absolute Gasteiger partial charge is 0.263 e. The van der Waals surface area contributed by atoms with Gasteiger partial charge in [-0.3, -0.25) is 14.2 Å². The molecule has 0 saturated carbocycles. The van der Waals surface area contributed by atoms with Gasteiger partial charge >= 0.3 is 0 Å². The number of fused-ring (bicyclic) bond motifs is 2. The zero-order valence-corrected chi connectivity index (χ0v) is 17.1. The number of furan rings is 1. The maximum absolute atomic E-state index is 13.2. The average molecular weight is 414 g/mol. The highest BCUT2D eigenvalue weighted by molar-refractivity contribution is 7.17. The molecule has 148 valence electrons. The summed E-state index contributed by atoms with van der Waals surface area (Å²) in [5.41, 5.74) is 3.49. The molecule has 0 amide bonds. The van der Waals surface area contributed by atoms with Crippen molar-refractivity contribution in [3.05, 3.63) is 88.0 Å². The Labute approximate surface area is 176 Å². The molecule has 3 aromatic heterocycles. The number of para-hydroxylation sites is 1. The fourth-order valence-corrected chi connectivity index (χ4v) is 4.47. The first-order valence-corrected chi connectivity index (χ1v) is 10.6. The number of hydrogen-bond acceptors (Lipinski definition) is 5. The van der Waals surface area contributed by atoms with E-state index in [-0.39, 0.29) is 23.6 Å². The molecule has 3 heterocycles. The van der Waals surface area contributed by atoms with Crippen LogP contribution in [0.1, 0.15) is 23.0 Å². The van der Waals surface area contributed by atoms with Gasteiger partial charge in [-0.05, 0) is 29.7 Å². The molecule has 0 saturated heterocycles. The zero-order chi connectivity index (χ0) is 20.7. The lowest BCUT2D eigenvalue weighted by molar-refractivity contribution is 0.0945. The van der Waals surface area contributed by atoms with E-state index < -0.39 is 0 Å². The molecule has 5 rings (SSSR count). The number of ketones is 1. The molecule has 2 aromatic carbocycles. The highest BCUT2D eigenvalue weighted by Crippen LogP contribution is 2.31. The van der Waals surface area contributed by atoms with E-state index in [0.29, 0.717) is 15.8 Å². The van der Waals surface area contributed by atoms with Gasteiger partial charge in [0.1, 0.15) is 10.4 Å². The Hall–Kier alpha value is -3.51. The SMILES string of the molecule is CCc1ccc(-c2csc3ncn(CC(=O)c4cc5ccccc5o4)c(=O)c23)cc1. The van der Waals surface area contributed by atoms with Gasteiger partial charge in [-0.15, -0.1) is 11.3 Å². The second-order valence-electron chi connectivity index (χ2n) is 7.13. The quantitative estimate of drug-likeness (QED) is 0.365. The fraction of sp³-hybridized carbons (Fsp3) is 0.125. The van der Waals surface area contributed by atoms with Gasteiger partial charge < -0.3 is 4.42 Å². The molecular weight excluding hydrogens is 396 g/mol. The van der Waals surface area contributed by atoms with E-state index in [4.69, 9.17) is 4.42 Å². The summed E-state index contributed by atoms with van der Waals surface area (Å²) in [6.45, 7) is 1.99. The summed E-state index contributed by atoms with van der Waals surface area (Å²) in [6.07, 6.45) is 2.40. The Bertz CT molecular complexity index is 1410. The van der Waals surface area contributed by atoms with E-state index in [1.54, 1.807) is 6.07 Å². The predicted octanol–water partition coefficient (Wildman–Crippen LogP) is 5.32. The van der Waals surface area contributed by atoms with Crippen LogP contribution in [-0.2, 0) is 13.0 Å². The lowest BCUT2D eigenvalue weighted by Gasteiger charge is -2.05. The van der Waals surface area contributed by atoms with Crippen molar-refractivity contribution >= 4 is 38.3 Å².